The average molecular weight is 272 g/mol. The number of Topliss-reactive ketones (excluding diaryl/α,β-unsaturated/α-hetero) is 1. The van der Waals surface area contributed by atoms with Crippen molar-refractivity contribution in [2.24, 2.45) is 5.92 Å². The number of hydrogen-bond acceptors (Lipinski definition) is 2. The Morgan fingerprint density at radius 2 is 1.90 bits per heavy atom. The van der Waals surface area contributed by atoms with Gasteiger partial charge in [0, 0.05) is 29.1 Å². The number of rotatable bonds is 6. The SMILES string of the molecule is CC(C)NC(Cc1c[nH]c2ccccc12)C(=O)C(C)C. The second-order valence-electron chi connectivity index (χ2n) is 5.99. The highest BCUT2D eigenvalue weighted by atomic mass is 16.1. The molecule has 1 heterocycles. The van der Waals surface area contributed by atoms with Crippen LogP contribution in [0.25, 0.3) is 10.9 Å². The number of para-hydroxylation sites is 1. The number of carbonyl (C=O) groups is 1. The first-order chi connectivity index (χ1) is 9.49. The third kappa shape index (κ3) is 3.28. The number of benzene rings is 1. The van der Waals surface area contributed by atoms with Crippen molar-refractivity contribution >= 4 is 16.7 Å². The van der Waals surface area contributed by atoms with Crippen LogP contribution in [0, 0.1) is 5.92 Å². The number of fused-ring (bicyclic) bond motifs is 1. The Balaban J connectivity index is 2.25. The van der Waals surface area contributed by atoms with Crippen LogP contribution in [0.3, 0.4) is 0 Å². The molecule has 2 rings (SSSR count). The monoisotopic (exact) mass is 272 g/mol. The van der Waals surface area contributed by atoms with Crippen LogP contribution >= 0.6 is 0 Å². The first-order valence-corrected chi connectivity index (χ1v) is 7.33. The summed E-state index contributed by atoms with van der Waals surface area (Å²) in [6.07, 6.45) is 2.76. The third-order valence-corrected chi connectivity index (χ3v) is 3.55. The molecule has 0 aliphatic rings. The highest BCUT2D eigenvalue weighted by molar-refractivity contribution is 5.88. The summed E-state index contributed by atoms with van der Waals surface area (Å²) in [5.74, 6) is 0.334. The number of nitrogens with one attached hydrogen (secondary N) is 2. The Kier molecular flexibility index (Phi) is 4.61. The van der Waals surface area contributed by atoms with Gasteiger partial charge < -0.3 is 10.3 Å². The minimum atomic E-state index is -0.116. The van der Waals surface area contributed by atoms with Crippen molar-refractivity contribution in [3.05, 3.63) is 36.0 Å². The van der Waals surface area contributed by atoms with Crippen molar-refractivity contribution in [1.82, 2.24) is 10.3 Å². The molecule has 20 heavy (non-hydrogen) atoms. The highest BCUT2D eigenvalue weighted by Gasteiger charge is 2.23. The van der Waals surface area contributed by atoms with Crippen LogP contribution in [0.4, 0.5) is 0 Å². The highest BCUT2D eigenvalue weighted by Crippen LogP contribution is 2.20. The van der Waals surface area contributed by atoms with Gasteiger partial charge in [-0.05, 0) is 18.1 Å². The first kappa shape index (κ1) is 14.8. The zero-order chi connectivity index (χ0) is 14.7. The van der Waals surface area contributed by atoms with Crippen LogP contribution in [0.1, 0.15) is 33.3 Å². The molecule has 3 heteroatoms. The predicted octanol–water partition coefficient (Wildman–Crippen LogP) is 3.30. The second-order valence-corrected chi connectivity index (χ2v) is 5.99. The zero-order valence-electron chi connectivity index (χ0n) is 12.7. The fourth-order valence-electron chi connectivity index (χ4n) is 2.57. The van der Waals surface area contributed by atoms with E-state index in [9.17, 15) is 4.79 Å². The van der Waals surface area contributed by atoms with Crippen LogP contribution in [-0.2, 0) is 11.2 Å². The summed E-state index contributed by atoms with van der Waals surface area (Å²) in [5, 5.41) is 4.61. The first-order valence-electron chi connectivity index (χ1n) is 7.33. The Bertz CT molecular complexity index is 583. The molecule has 108 valence electrons. The van der Waals surface area contributed by atoms with Crippen molar-refractivity contribution < 1.29 is 4.79 Å². The molecule has 1 aromatic heterocycles. The summed E-state index contributed by atoms with van der Waals surface area (Å²) < 4.78 is 0. The normalized spacial score (nSPS) is 13.3. The molecule has 0 radical (unpaired) electrons. The number of ketones is 1. The van der Waals surface area contributed by atoms with Crippen molar-refractivity contribution in [3.8, 4) is 0 Å². The zero-order valence-corrected chi connectivity index (χ0v) is 12.7. The van der Waals surface area contributed by atoms with E-state index in [1.54, 1.807) is 0 Å². The van der Waals surface area contributed by atoms with Gasteiger partial charge in [-0.1, -0.05) is 45.9 Å². The van der Waals surface area contributed by atoms with E-state index < -0.39 is 0 Å². The van der Waals surface area contributed by atoms with E-state index in [0.29, 0.717) is 6.04 Å². The van der Waals surface area contributed by atoms with Crippen LogP contribution in [0.5, 0.6) is 0 Å². The molecule has 0 spiro atoms. The van der Waals surface area contributed by atoms with Crippen molar-refractivity contribution in [1.29, 1.82) is 0 Å². The van der Waals surface area contributed by atoms with E-state index in [0.717, 1.165) is 11.9 Å². The summed E-state index contributed by atoms with van der Waals surface area (Å²) in [7, 11) is 0. The lowest BCUT2D eigenvalue weighted by atomic mass is 9.95. The van der Waals surface area contributed by atoms with Crippen molar-refractivity contribution in [3.63, 3.8) is 0 Å². The summed E-state index contributed by atoms with van der Waals surface area (Å²) in [6.45, 7) is 8.09. The molecule has 2 aromatic rings. The Morgan fingerprint density at radius 1 is 1.20 bits per heavy atom. The molecule has 0 aliphatic heterocycles. The van der Waals surface area contributed by atoms with Gasteiger partial charge >= 0.3 is 0 Å². The summed E-state index contributed by atoms with van der Waals surface area (Å²) in [5.41, 5.74) is 2.33. The molecule has 1 atom stereocenters. The lowest BCUT2D eigenvalue weighted by molar-refractivity contribution is -0.124. The van der Waals surface area contributed by atoms with E-state index in [2.05, 4.69) is 36.3 Å². The molecule has 1 unspecified atom stereocenters. The summed E-state index contributed by atoms with van der Waals surface area (Å²) >= 11 is 0. The second kappa shape index (κ2) is 6.23. The number of H-pyrrole nitrogens is 1. The number of aromatic amines is 1. The van der Waals surface area contributed by atoms with Gasteiger partial charge in [0.15, 0.2) is 5.78 Å². The maximum absolute atomic E-state index is 12.4. The molecule has 0 saturated carbocycles. The molecule has 0 amide bonds. The summed E-state index contributed by atoms with van der Waals surface area (Å²) in [6, 6.07) is 8.41. The minimum Gasteiger partial charge on any atom is -0.361 e. The fourth-order valence-corrected chi connectivity index (χ4v) is 2.57. The number of carbonyl (C=O) groups excluding carboxylic acids is 1. The lowest BCUT2D eigenvalue weighted by Gasteiger charge is -2.21. The Labute approximate surface area is 120 Å². The Morgan fingerprint density at radius 3 is 2.55 bits per heavy atom. The molecule has 0 saturated heterocycles. The number of hydrogen-bond donors (Lipinski definition) is 2. The van der Waals surface area contributed by atoms with E-state index in [1.165, 1.54) is 10.9 Å². The van der Waals surface area contributed by atoms with E-state index in [4.69, 9.17) is 0 Å². The van der Waals surface area contributed by atoms with Gasteiger partial charge in [0.05, 0.1) is 6.04 Å². The van der Waals surface area contributed by atoms with Crippen LogP contribution < -0.4 is 5.32 Å². The molecule has 0 aliphatic carbocycles. The van der Waals surface area contributed by atoms with Crippen LogP contribution in [0.15, 0.2) is 30.5 Å². The fraction of sp³-hybridized carbons (Fsp3) is 0.471. The molecule has 0 bridgehead atoms. The van der Waals surface area contributed by atoms with Gasteiger partial charge in [-0.2, -0.15) is 0 Å². The van der Waals surface area contributed by atoms with Gasteiger partial charge in [-0.25, -0.2) is 0 Å². The van der Waals surface area contributed by atoms with Gasteiger partial charge in [-0.3, -0.25) is 4.79 Å². The van der Waals surface area contributed by atoms with Gasteiger partial charge in [0.1, 0.15) is 0 Å². The molecular formula is C17H24N2O. The largest absolute Gasteiger partial charge is 0.361 e. The molecule has 0 fully saturated rings. The molecule has 2 N–H and O–H groups in total. The van der Waals surface area contributed by atoms with E-state index in [-0.39, 0.29) is 17.7 Å². The topological polar surface area (TPSA) is 44.9 Å². The van der Waals surface area contributed by atoms with Crippen molar-refractivity contribution in [2.75, 3.05) is 0 Å². The van der Waals surface area contributed by atoms with Crippen molar-refractivity contribution in [2.45, 2.75) is 46.2 Å². The average Bonchev–Trinajstić information content (AvgIpc) is 2.80. The predicted molar refractivity (Wildman–Crippen MR) is 83.9 cm³/mol. The molecule has 1 aromatic carbocycles. The van der Waals surface area contributed by atoms with Gasteiger partial charge in [-0.15, -0.1) is 0 Å². The minimum absolute atomic E-state index is 0.0523. The molecular weight excluding hydrogens is 248 g/mol. The smallest absolute Gasteiger partial charge is 0.152 e. The maximum Gasteiger partial charge on any atom is 0.152 e. The van der Waals surface area contributed by atoms with Crippen LogP contribution in [-0.4, -0.2) is 22.9 Å². The third-order valence-electron chi connectivity index (χ3n) is 3.55. The van der Waals surface area contributed by atoms with Gasteiger partial charge in [0.25, 0.3) is 0 Å². The van der Waals surface area contributed by atoms with Crippen LogP contribution in [0.2, 0.25) is 0 Å². The lowest BCUT2D eigenvalue weighted by Crippen LogP contribution is -2.44. The Hall–Kier alpha value is -1.61. The standard InChI is InChI=1S/C17H24N2O/c1-11(2)17(20)16(19-12(3)4)9-13-10-18-15-8-6-5-7-14(13)15/h5-8,10-12,16,18-19H,9H2,1-4H3. The van der Waals surface area contributed by atoms with E-state index in [1.807, 2.05) is 32.2 Å². The maximum atomic E-state index is 12.4. The van der Waals surface area contributed by atoms with E-state index >= 15 is 0 Å². The van der Waals surface area contributed by atoms with Gasteiger partial charge in [0.2, 0.25) is 0 Å². The summed E-state index contributed by atoms with van der Waals surface area (Å²) in [4.78, 5) is 15.6. The molecule has 3 nitrogen and oxygen atoms in total. The number of aromatic nitrogens is 1. The quantitative estimate of drug-likeness (QED) is 0.847.